The maximum absolute atomic E-state index is 9.65. The fourth-order valence-electron chi connectivity index (χ4n) is 7.08. The van der Waals surface area contributed by atoms with Gasteiger partial charge in [0.15, 0.2) is 5.69 Å². The lowest BCUT2D eigenvalue weighted by atomic mass is 9.84. The summed E-state index contributed by atoms with van der Waals surface area (Å²) in [5.74, 6) is -0.175. The zero-order chi connectivity index (χ0) is 34.3. The van der Waals surface area contributed by atoms with Crippen LogP contribution in [0.4, 0.5) is 39.8 Å². The van der Waals surface area contributed by atoms with Gasteiger partial charge in [0.05, 0.1) is 41.0 Å². The van der Waals surface area contributed by atoms with E-state index in [-0.39, 0.29) is 5.92 Å². The van der Waals surface area contributed by atoms with Gasteiger partial charge in [-0.05, 0) is 95.6 Å². The van der Waals surface area contributed by atoms with Crippen molar-refractivity contribution in [2.75, 3.05) is 9.80 Å². The minimum absolute atomic E-state index is 0.175. The Hall–Kier alpha value is -6.18. The second-order valence-electron chi connectivity index (χ2n) is 12.4. The zero-order valence-electron chi connectivity index (χ0n) is 27.3. The van der Waals surface area contributed by atoms with Gasteiger partial charge in [-0.15, -0.1) is 0 Å². The number of nitrogens with zero attached hydrogens (tertiary/aromatic N) is 4. The number of hydrogen-bond donors (Lipinski definition) is 0. The van der Waals surface area contributed by atoms with Crippen LogP contribution >= 0.6 is 23.5 Å². The zero-order valence-corrected chi connectivity index (χ0v) is 28.9. The van der Waals surface area contributed by atoms with Crippen LogP contribution in [0.1, 0.15) is 28.2 Å². The largest absolute Gasteiger partial charge is 0.308 e. The van der Waals surface area contributed by atoms with Crippen molar-refractivity contribution in [1.82, 2.24) is 0 Å². The van der Waals surface area contributed by atoms with E-state index in [1.807, 2.05) is 24.3 Å². The van der Waals surface area contributed by atoms with Crippen LogP contribution in [0.25, 0.3) is 4.85 Å². The van der Waals surface area contributed by atoms with E-state index in [4.69, 9.17) is 6.57 Å². The van der Waals surface area contributed by atoms with Gasteiger partial charge in [0.2, 0.25) is 0 Å². The van der Waals surface area contributed by atoms with E-state index in [0.717, 1.165) is 50.8 Å². The third-order valence-electron chi connectivity index (χ3n) is 9.37. The molecule has 7 aromatic carbocycles. The highest BCUT2D eigenvalue weighted by molar-refractivity contribution is 8.00. The van der Waals surface area contributed by atoms with Crippen LogP contribution in [0.2, 0.25) is 0 Å². The molecule has 0 N–H and O–H groups in total. The van der Waals surface area contributed by atoms with E-state index >= 15 is 0 Å². The highest BCUT2D eigenvalue weighted by atomic mass is 32.2. The van der Waals surface area contributed by atoms with Gasteiger partial charge in [0.1, 0.15) is 0 Å². The normalized spacial score (nSPS) is 13.1. The molecule has 9 rings (SSSR count). The summed E-state index contributed by atoms with van der Waals surface area (Å²) in [5, 5.41) is 9.65. The third-order valence-corrected chi connectivity index (χ3v) is 11.6. The van der Waals surface area contributed by atoms with Crippen molar-refractivity contribution in [2.45, 2.75) is 25.5 Å². The van der Waals surface area contributed by atoms with E-state index in [1.54, 1.807) is 23.5 Å². The van der Waals surface area contributed by atoms with Crippen LogP contribution in [0.15, 0.2) is 183 Å². The van der Waals surface area contributed by atoms with Crippen molar-refractivity contribution in [3.63, 3.8) is 0 Å². The summed E-state index contributed by atoms with van der Waals surface area (Å²) in [7, 11) is 0. The second kappa shape index (κ2) is 12.9. The summed E-state index contributed by atoms with van der Waals surface area (Å²) in [6, 6.07) is 59.5. The van der Waals surface area contributed by atoms with Crippen molar-refractivity contribution in [3.8, 4) is 6.07 Å². The number of rotatable bonds is 5. The first-order valence-electron chi connectivity index (χ1n) is 16.6. The smallest absolute Gasteiger partial charge is 0.187 e. The van der Waals surface area contributed by atoms with Gasteiger partial charge < -0.3 is 9.80 Å². The number of para-hydroxylation sites is 4. The lowest BCUT2D eigenvalue weighted by Crippen LogP contribution is -2.18. The fourth-order valence-corrected chi connectivity index (χ4v) is 9.19. The highest BCUT2D eigenvalue weighted by Crippen LogP contribution is 2.55. The van der Waals surface area contributed by atoms with Crippen LogP contribution in [-0.4, -0.2) is 0 Å². The molecule has 0 amide bonds. The van der Waals surface area contributed by atoms with Gasteiger partial charge in [0, 0.05) is 36.9 Å². The molecular formula is C45H28N4S2. The predicted molar refractivity (Wildman–Crippen MR) is 209 cm³/mol. The third kappa shape index (κ3) is 5.52. The molecule has 0 aliphatic carbocycles. The molecule has 2 heterocycles. The minimum atomic E-state index is -0.175. The van der Waals surface area contributed by atoms with Crippen LogP contribution in [0.3, 0.4) is 0 Å². The molecule has 4 nitrogen and oxygen atoms in total. The number of nitriles is 1. The van der Waals surface area contributed by atoms with Crippen molar-refractivity contribution in [1.29, 1.82) is 5.26 Å². The van der Waals surface area contributed by atoms with Gasteiger partial charge in [-0.3, -0.25) is 0 Å². The number of hydrogen-bond acceptors (Lipinski definition) is 5. The van der Waals surface area contributed by atoms with Crippen LogP contribution in [0, 0.1) is 17.9 Å². The quantitative estimate of drug-likeness (QED) is 0.133. The van der Waals surface area contributed by atoms with E-state index < -0.39 is 0 Å². The second-order valence-corrected chi connectivity index (χ2v) is 14.6. The first-order valence-corrected chi connectivity index (χ1v) is 18.3. The molecule has 0 saturated heterocycles. The standard InChI is InChI=1S/C45H28N4S2/c1-47-34-24-22-32(23-25-34)45(31-20-18-30(29-46)19-21-31)33-26-35(48-37-10-2-6-14-41(37)50-42-15-7-3-11-38(42)48)28-36(27-33)49-39-12-4-8-16-43(39)51-44-17-9-5-13-40(44)49/h2-28,45H. The molecule has 1 atom stereocenters. The minimum Gasteiger partial charge on any atom is -0.308 e. The molecule has 0 saturated carbocycles. The van der Waals surface area contributed by atoms with Gasteiger partial charge in [-0.1, -0.05) is 108 Å². The van der Waals surface area contributed by atoms with E-state index in [0.29, 0.717) is 11.3 Å². The van der Waals surface area contributed by atoms with Crippen LogP contribution in [0.5, 0.6) is 0 Å². The maximum atomic E-state index is 9.65. The van der Waals surface area contributed by atoms with Gasteiger partial charge in [0.25, 0.3) is 0 Å². The first-order chi connectivity index (χ1) is 25.2. The molecule has 51 heavy (non-hydrogen) atoms. The van der Waals surface area contributed by atoms with Gasteiger partial charge in [-0.25, -0.2) is 4.85 Å². The fraction of sp³-hybridized carbons (Fsp3) is 0.0222. The molecule has 0 bridgehead atoms. The highest BCUT2D eigenvalue weighted by Gasteiger charge is 2.30. The van der Waals surface area contributed by atoms with Crippen molar-refractivity contribution in [2.24, 2.45) is 0 Å². The summed E-state index contributed by atoms with van der Waals surface area (Å²) in [6.45, 7) is 7.60. The van der Waals surface area contributed by atoms with Crippen molar-refractivity contribution < 1.29 is 0 Å². The summed E-state index contributed by atoms with van der Waals surface area (Å²) in [5.41, 5.74) is 11.1. The van der Waals surface area contributed by atoms with Crippen molar-refractivity contribution >= 4 is 63.3 Å². The Bertz CT molecular complexity index is 2270. The van der Waals surface area contributed by atoms with Crippen LogP contribution in [-0.2, 0) is 0 Å². The Morgan fingerprint density at radius 1 is 0.490 bits per heavy atom. The molecule has 7 aromatic rings. The first kappa shape index (κ1) is 30.8. The number of fused-ring (bicyclic) bond motifs is 4. The predicted octanol–water partition coefficient (Wildman–Crippen LogP) is 13.2. The lowest BCUT2D eigenvalue weighted by Gasteiger charge is -2.36. The Balaban J connectivity index is 1.34. The molecule has 0 spiro atoms. The molecule has 2 aliphatic heterocycles. The summed E-state index contributed by atoms with van der Waals surface area (Å²) < 4.78 is 0. The molecule has 240 valence electrons. The SMILES string of the molecule is [C-]#[N+]c1ccc(C(c2ccc(C#N)cc2)c2cc(N3c4ccccc4Sc4ccccc43)cc(N3c4ccccc4Sc4ccccc43)c2)cc1. The Morgan fingerprint density at radius 3 is 1.27 bits per heavy atom. The molecule has 0 aromatic heterocycles. The Morgan fingerprint density at radius 2 is 0.882 bits per heavy atom. The topological polar surface area (TPSA) is 34.6 Å². The summed E-state index contributed by atoms with van der Waals surface area (Å²) in [6.07, 6.45) is 0. The van der Waals surface area contributed by atoms with Crippen molar-refractivity contribution in [3.05, 3.63) is 197 Å². The Kier molecular flexibility index (Phi) is 7.82. The van der Waals surface area contributed by atoms with E-state index in [1.165, 1.54) is 19.6 Å². The van der Waals surface area contributed by atoms with E-state index in [2.05, 4.69) is 160 Å². The average molecular weight is 689 g/mol. The van der Waals surface area contributed by atoms with Crippen LogP contribution < -0.4 is 9.80 Å². The van der Waals surface area contributed by atoms with E-state index in [9.17, 15) is 5.26 Å². The average Bonchev–Trinajstić information content (AvgIpc) is 3.19. The maximum Gasteiger partial charge on any atom is 0.187 e. The van der Waals surface area contributed by atoms with Gasteiger partial charge >= 0.3 is 0 Å². The molecule has 0 fully saturated rings. The Labute approximate surface area is 306 Å². The number of benzene rings is 7. The molecule has 0 radical (unpaired) electrons. The summed E-state index contributed by atoms with van der Waals surface area (Å²) in [4.78, 5) is 13.3. The number of anilines is 6. The molecule has 2 aliphatic rings. The van der Waals surface area contributed by atoms with Gasteiger partial charge in [-0.2, -0.15) is 5.26 Å². The molecule has 1 unspecified atom stereocenters. The molecular weight excluding hydrogens is 661 g/mol. The molecule has 6 heteroatoms. The summed E-state index contributed by atoms with van der Waals surface area (Å²) >= 11 is 3.60. The monoisotopic (exact) mass is 688 g/mol. The lowest BCUT2D eigenvalue weighted by molar-refractivity contribution is 0.973.